The van der Waals surface area contributed by atoms with E-state index in [0.717, 1.165) is 29.1 Å². The maximum absolute atomic E-state index is 13.1. The van der Waals surface area contributed by atoms with Crippen LogP contribution in [0.3, 0.4) is 0 Å². The number of halogens is 2. The van der Waals surface area contributed by atoms with Crippen molar-refractivity contribution in [2.45, 2.75) is 33.5 Å². The maximum Gasteiger partial charge on any atom is 0.124 e. The van der Waals surface area contributed by atoms with Crippen molar-refractivity contribution in [1.29, 1.82) is 0 Å². The molecule has 0 fully saturated rings. The third-order valence-corrected chi connectivity index (χ3v) is 4.08. The van der Waals surface area contributed by atoms with Gasteiger partial charge in [-0.25, -0.2) is 4.39 Å². The van der Waals surface area contributed by atoms with E-state index in [9.17, 15) is 4.39 Å². The zero-order chi connectivity index (χ0) is 16.3. The highest BCUT2D eigenvalue weighted by molar-refractivity contribution is 6.31. The standard InChI is InChI=1S/C16H21ClFN3O/c1-11-15(12(2)21(19-11)6-7-22)10-20(3)9-13-4-5-14(18)8-16(13)17/h4-5,8,22H,6-7,9-10H2,1-3H3. The van der Waals surface area contributed by atoms with Crippen molar-refractivity contribution in [1.82, 2.24) is 14.7 Å². The molecule has 0 saturated carbocycles. The lowest BCUT2D eigenvalue weighted by Crippen LogP contribution is -2.18. The number of aromatic nitrogens is 2. The van der Waals surface area contributed by atoms with Crippen LogP contribution >= 0.6 is 11.6 Å². The van der Waals surface area contributed by atoms with Crippen molar-refractivity contribution in [2.75, 3.05) is 13.7 Å². The Hall–Kier alpha value is -1.43. The lowest BCUT2D eigenvalue weighted by Gasteiger charge is -2.18. The molecule has 0 aliphatic carbocycles. The summed E-state index contributed by atoms with van der Waals surface area (Å²) < 4.78 is 14.9. The highest BCUT2D eigenvalue weighted by Crippen LogP contribution is 2.21. The first-order chi connectivity index (χ1) is 10.4. The van der Waals surface area contributed by atoms with Crippen molar-refractivity contribution in [2.24, 2.45) is 0 Å². The van der Waals surface area contributed by atoms with Crippen LogP contribution in [0.1, 0.15) is 22.5 Å². The summed E-state index contributed by atoms with van der Waals surface area (Å²) in [5.74, 6) is -0.326. The fourth-order valence-corrected chi connectivity index (χ4v) is 2.77. The zero-order valence-corrected chi connectivity index (χ0v) is 13.9. The van der Waals surface area contributed by atoms with E-state index in [4.69, 9.17) is 16.7 Å². The summed E-state index contributed by atoms with van der Waals surface area (Å²) >= 11 is 6.07. The topological polar surface area (TPSA) is 41.3 Å². The molecule has 1 aromatic carbocycles. The van der Waals surface area contributed by atoms with E-state index in [0.29, 0.717) is 18.1 Å². The fraction of sp³-hybridized carbons (Fsp3) is 0.438. The molecule has 0 radical (unpaired) electrons. The van der Waals surface area contributed by atoms with Crippen LogP contribution in [-0.4, -0.2) is 33.4 Å². The monoisotopic (exact) mass is 325 g/mol. The third-order valence-electron chi connectivity index (χ3n) is 3.73. The molecule has 1 heterocycles. The Kier molecular flexibility index (Phi) is 5.56. The Morgan fingerprint density at radius 2 is 2.05 bits per heavy atom. The van der Waals surface area contributed by atoms with E-state index in [1.54, 1.807) is 6.07 Å². The molecule has 0 atom stereocenters. The highest BCUT2D eigenvalue weighted by Gasteiger charge is 2.14. The number of hydrogen-bond donors (Lipinski definition) is 1. The van der Waals surface area contributed by atoms with Gasteiger partial charge in [-0.15, -0.1) is 0 Å². The van der Waals surface area contributed by atoms with Crippen molar-refractivity contribution in [3.63, 3.8) is 0 Å². The normalized spacial score (nSPS) is 11.4. The first-order valence-electron chi connectivity index (χ1n) is 7.18. The molecular formula is C16H21ClFN3O. The molecule has 6 heteroatoms. The Balaban J connectivity index is 2.10. The minimum atomic E-state index is -0.326. The van der Waals surface area contributed by atoms with Gasteiger partial charge < -0.3 is 5.11 Å². The van der Waals surface area contributed by atoms with Gasteiger partial charge in [-0.2, -0.15) is 5.10 Å². The van der Waals surface area contributed by atoms with Crippen LogP contribution in [0.15, 0.2) is 18.2 Å². The quantitative estimate of drug-likeness (QED) is 0.888. The summed E-state index contributed by atoms with van der Waals surface area (Å²) in [5, 5.41) is 13.9. The molecule has 120 valence electrons. The minimum absolute atomic E-state index is 0.0719. The Morgan fingerprint density at radius 3 is 2.68 bits per heavy atom. The second-order valence-electron chi connectivity index (χ2n) is 5.50. The van der Waals surface area contributed by atoms with Crippen molar-refractivity contribution >= 4 is 11.6 Å². The summed E-state index contributed by atoms with van der Waals surface area (Å²) in [7, 11) is 1.99. The van der Waals surface area contributed by atoms with Gasteiger partial charge in [0.1, 0.15) is 5.82 Å². The summed E-state index contributed by atoms with van der Waals surface area (Å²) in [5.41, 5.74) is 4.06. The van der Waals surface area contributed by atoms with Gasteiger partial charge >= 0.3 is 0 Å². The molecule has 1 N–H and O–H groups in total. The van der Waals surface area contributed by atoms with E-state index < -0.39 is 0 Å². The summed E-state index contributed by atoms with van der Waals surface area (Å²) in [6.45, 7) is 5.89. The molecule has 0 aliphatic rings. The van der Waals surface area contributed by atoms with E-state index in [1.807, 2.05) is 25.6 Å². The molecule has 4 nitrogen and oxygen atoms in total. The van der Waals surface area contributed by atoms with Gasteiger partial charge in [-0.1, -0.05) is 17.7 Å². The van der Waals surface area contributed by atoms with Crippen LogP contribution in [0.4, 0.5) is 4.39 Å². The molecular weight excluding hydrogens is 305 g/mol. The smallest absolute Gasteiger partial charge is 0.124 e. The average molecular weight is 326 g/mol. The first kappa shape index (κ1) is 16.9. The van der Waals surface area contributed by atoms with E-state index >= 15 is 0 Å². The van der Waals surface area contributed by atoms with Gasteiger partial charge in [0.05, 0.1) is 18.8 Å². The number of benzene rings is 1. The molecule has 2 aromatic rings. The molecule has 0 aliphatic heterocycles. The Bertz CT molecular complexity index is 657. The molecule has 1 aromatic heterocycles. The van der Waals surface area contributed by atoms with Gasteiger partial charge in [-0.3, -0.25) is 9.58 Å². The van der Waals surface area contributed by atoms with Gasteiger partial charge in [-0.05, 0) is 38.6 Å². The zero-order valence-electron chi connectivity index (χ0n) is 13.1. The second kappa shape index (κ2) is 7.22. The first-order valence-corrected chi connectivity index (χ1v) is 7.56. The number of rotatable bonds is 6. The van der Waals surface area contributed by atoms with Crippen molar-refractivity contribution in [3.8, 4) is 0 Å². The molecule has 2 rings (SSSR count). The highest BCUT2D eigenvalue weighted by atomic mass is 35.5. The van der Waals surface area contributed by atoms with Crippen molar-refractivity contribution < 1.29 is 9.50 Å². The third kappa shape index (κ3) is 3.85. The number of nitrogens with zero attached hydrogens (tertiary/aromatic N) is 3. The van der Waals surface area contributed by atoms with E-state index in [1.165, 1.54) is 12.1 Å². The Morgan fingerprint density at radius 1 is 1.32 bits per heavy atom. The van der Waals surface area contributed by atoms with Crippen LogP contribution in [0.2, 0.25) is 5.02 Å². The SMILES string of the molecule is Cc1nn(CCO)c(C)c1CN(C)Cc1ccc(F)cc1Cl. The van der Waals surface area contributed by atoms with Crippen LogP contribution in [0.5, 0.6) is 0 Å². The van der Waals surface area contributed by atoms with Gasteiger partial charge in [0.25, 0.3) is 0 Å². The van der Waals surface area contributed by atoms with Crippen LogP contribution in [-0.2, 0) is 19.6 Å². The maximum atomic E-state index is 13.1. The molecule has 0 unspecified atom stereocenters. The van der Waals surface area contributed by atoms with Gasteiger partial charge in [0.15, 0.2) is 0 Å². The van der Waals surface area contributed by atoms with Crippen LogP contribution in [0.25, 0.3) is 0 Å². The summed E-state index contributed by atoms with van der Waals surface area (Å²) in [4.78, 5) is 2.11. The second-order valence-corrected chi connectivity index (χ2v) is 5.91. The molecule has 0 saturated heterocycles. The van der Waals surface area contributed by atoms with E-state index in [-0.39, 0.29) is 12.4 Å². The summed E-state index contributed by atoms with van der Waals surface area (Å²) in [6, 6.07) is 4.47. The van der Waals surface area contributed by atoms with Gasteiger partial charge in [0, 0.05) is 29.4 Å². The number of aryl methyl sites for hydroxylation is 1. The lowest BCUT2D eigenvalue weighted by molar-refractivity contribution is 0.267. The molecule has 0 spiro atoms. The number of aliphatic hydroxyl groups is 1. The number of aliphatic hydroxyl groups excluding tert-OH is 1. The largest absolute Gasteiger partial charge is 0.394 e. The molecule has 0 bridgehead atoms. The Labute approximate surface area is 135 Å². The fourth-order valence-electron chi connectivity index (χ4n) is 2.54. The number of hydrogen-bond acceptors (Lipinski definition) is 3. The lowest BCUT2D eigenvalue weighted by atomic mass is 10.1. The predicted octanol–water partition coefficient (Wildman–Crippen LogP) is 2.92. The van der Waals surface area contributed by atoms with Gasteiger partial charge in [0.2, 0.25) is 0 Å². The summed E-state index contributed by atoms with van der Waals surface area (Å²) in [6.07, 6.45) is 0. The van der Waals surface area contributed by atoms with Crippen molar-refractivity contribution in [3.05, 3.63) is 51.6 Å². The van der Waals surface area contributed by atoms with Crippen LogP contribution < -0.4 is 0 Å². The van der Waals surface area contributed by atoms with Crippen LogP contribution in [0, 0.1) is 19.7 Å². The average Bonchev–Trinajstić information content (AvgIpc) is 2.70. The predicted molar refractivity (Wildman–Crippen MR) is 85.4 cm³/mol. The minimum Gasteiger partial charge on any atom is -0.394 e. The molecule has 0 amide bonds. The van der Waals surface area contributed by atoms with E-state index in [2.05, 4.69) is 10.00 Å². The molecule has 22 heavy (non-hydrogen) atoms.